The van der Waals surface area contributed by atoms with Crippen LogP contribution in [-0.2, 0) is 9.59 Å². The fourth-order valence-corrected chi connectivity index (χ4v) is 2.48. The fraction of sp³-hybridized carbons (Fsp3) is 0.467. The second kappa shape index (κ2) is 6.80. The Hall–Kier alpha value is -1.75. The van der Waals surface area contributed by atoms with Crippen molar-refractivity contribution in [3.8, 4) is 5.75 Å². The SMILES string of the molecule is CCCC(C)NC(=O)CN1C(=O)COc2ccc(Cl)cc21. The van der Waals surface area contributed by atoms with Crippen molar-refractivity contribution in [2.24, 2.45) is 0 Å². The molecule has 2 amide bonds. The minimum Gasteiger partial charge on any atom is -0.482 e. The summed E-state index contributed by atoms with van der Waals surface area (Å²) in [5.74, 6) is 0.133. The minimum absolute atomic E-state index is 0.0242. The standard InChI is InChI=1S/C15H19ClN2O3/c1-3-4-10(2)17-14(19)8-18-12-7-11(16)5-6-13(12)21-9-15(18)20/h5-7,10H,3-4,8-9H2,1-2H3,(H,17,19). The van der Waals surface area contributed by atoms with Crippen molar-refractivity contribution in [2.75, 3.05) is 18.1 Å². The summed E-state index contributed by atoms with van der Waals surface area (Å²) in [7, 11) is 0. The highest BCUT2D eigenvalue weighted by Gasteiger charge is 2.27. The summed E-state index contributed by atoms with van der Waals surface area (Å²) in [6.45, 7) is 3.93. The van der Waals surface area contributed by atoms with Gasteiger partial charge in [0.25, 0.3) is 5.91 Å². The van der Waals surface area contributed by atoms with Gasteiger partial charge in [0, 0.05) is 11.1 Å². The average Bonchev–Trinajstić information content (AvgIpc) is 2.42. The molecule has 1 atom stereocenters. The number of carbonyl (C=O) groups excluding carboxylic acids is 2. The van der Waals surface area contributed by atoms with Gasteiger partial charge >= 0.3 is 0 Å². The van der Waals surface area contributed by atoms with Gasteiger partial charge in [0.1, 0.15) is 12.3 Å². The van der Waals surface area contributed by atoms with Crippen molar-refractivity contribution < 1.29 is 14.3 Å². The number of benzene rings is 1. The van der Waals surface area contributed by atoms with Gasteiger partial charge in [-0.25, -0.2) is 0 Å². The highest BCUT2D eigenvalue weighted by Crippen LogP contribution is 2.34. The lowest BCUT2D eigenvalue weighted by atomic mass is 10.2. The van der Waals surface area contributed by atoms with Gasteiger partial charge in [-0.2, -0.15) is 0 Å². The third-order valence-electron chi connectivity index (χ3n) is 3.29. The number of anilines is 1. The van der Waals surface area contributed by atoms with Crippen LogP contribution in [0.5, 0.6) is 5.75 Å². The number of hydrogen-bond donors (Lipinski definition) is 1. The quantitative estimate of drug-likeness (QED) is 0.908. The number of nitrogens with zero attached hydrogens (tertiary/aromatic N) is 1. The van der Waals surface area contributed by atoms with Gasteiger partial charge in [-0.1, -0.05) is 24.9 Å². The molecule has 5 nitrogen and oxygen atoms in total. The van der Waals surface area contributed by atoms with E-state index < -0.39 is 0 Å². The minimum atomic E-state index is -0.247. The molecule has 0 aliphatic carbocycles. The van der Waals surface area contributed by atoms with E-state index in [0.29, 0.717) is 16.5 Å². The topological polar surface area (TPSA) is 58.6 Å². The maximum atomic E-state index is 12.1. The van der Waals surface area contributed by atoms with Gasteiger partial charge in [0.2, 0.25) is 5.91 Å². The van der Waals surface area contributed by atoms with Gasteiger partial charge in [-0.05, 0) is 31.5 Å². The lowest BCUT2D eigenvalue weighted by Crippen LogP contribution is -2.46. The zero-order valence-electron chi connectivity index (χ0n) is 12.2. The van der Waals surface area contributed by atoms with Crippen LogP contribution in [-0.4, -0.2) is 31.0 Å². The molecule has 0 bridgehead atoms. The van der Waals surface area contributed by atoms with Gasteiger partial charge < -0.3 is 10.1 Å². The number of fused-ring (bicyclic) bond motifs is 1. The van der Waals surface area contributed by atoms with Crippen LogP contribution in [0.3, 0.4) is 0 Å². The monoisotopic (exact) mass is 310 g/mol. The molecule has 1 unspecified atom stereocenters. The van der Waals surface area contributed by atoms with E-state index in [1.165, 1.54) is 4.90 Å². The molecule has 1 aromatic carbocycles. The van der Waals surface area contributed by atoms with Crippen molar-refractivity contribution in [3.63, 3.8) is 0 Å². The Morgan fingerprint density at radius 1 is 1.52 bits per heavy atom. The van der Waals surface area contributed by atoms with E-state index >= 15 is 0 Å². The average molecular weight is 311 g/mol. The molecule has 0 fully saturated rings. The summed E-state index contributed by atoms with van der Waals surface area (Å²) in [5, 5.41) is 3.38. The zero-order chi connectivity index (χ0) is 15.4. The van der Waals surface area contributed by atoms with E-state index in [1.54, 1.807) is 18.2 Å². The maximum absolute atomic E-state index is 12.1. The van der Waals surface area contributed by atoms with Crippen molar-refractivity contribution in [3.05, 3.63) is 23.2 Å². The van der Waals surface area contributed by atoms with E-state index in [1.807, 2.05) is 6.92 Å². The summed E-state index contributed by atoms with van der Waals surface area (Å²) in [6.07, 6.45) is 1.90. The first-order valence-electron chi connectivity index (χ1n) is 7.03. The summed E-state index contributed by atoms with van der Waals surface area (Å²) >= 11 is 5.96. The molecule has 1 aliphatic heterocycles. The van der Waals surface area contributed by atoms with Crippen LogP contribution in [0.1, 0.15) is 26.7 Å². The maximum Gasteiger partial charge on any atom is 0.265 e. The van der Waals surface area contributed by atoms with Crippen molar-refractivity contribution in [1.29, 1.82) is 0 Å². The van der Waals surface area contributed by atoms with Gasteiger partial charge in [0.15, 0.2) is 6.61 Å². The summed E-state index contributed by atoms with van der Waals surface area (Å²) in [5.41, 5.74) is 0.539. The van der Waals surface area contributed by atoms with Crippen molar-refractivity contribution >= 4 is 29.1 Å². The van der Waals surface area contributed by atoms with E-state index in [0.717, 1.165) is 12.8 Å². The van der Waals surface area contributed by atoms with Gasteiger partial charge in [-0.3, -0.25) is 14.5 Å². The second-order valence-corrected chi connectivity index (χ2v) is 5.57. The molecule has 0 saturated heterocycles. The number of halogens is 1. The first kappa shape index (κ1) is 15.6. The molecule has 1 heterocycles. The lowest BCUT2D eigenvalue weighted by Gasteiger charge is -2.29. The Bertz CT molecular complexity index is 548. The second-order valence-electron chi connectivity index (χ2n) is 5.14. The Kier molecular flexibility index (Phi) is 5.07. The molecular weight excluding hydrogens is 292 g/mol. The summed E-state index contributed by atoms with van der Waals surface area (Å²) < 4.78 is 5.34. The molecule has 2 rings (SSSR count). The third-order valence-corrected chi connectivity index (χ3v) is 3.53. The first-order valence-corrected chi connectivity index (χ1v) is 7.41. The number of nitrogens with one attached hydrogen (secondary N) is 1. The molecule has 0 aromatic heterocycles. The van der Waals surface area contributed by atoms with Crippen LogP contribution in [0.4, 0.5) is 5.69 Å². The Morgan fingerprint density at radius 2 is 2.29 bits per heavy atom. The third kappa shape index (κ3) is 3.88. The molecule has 1 N–H and O–H groups in total. The van der Waals surface area contributed by atoms with Crippen LogP contribution in [0, 0.1) is 0 Å². The molecule has 114 valence electrons. The summed E-state index contributed by atoms with van der Waals surface area (Å²) in [6, 6.07) is 5.13. The van der Waals surface area contributed by atoms with Crippen LogP contribution in [0.25, 0.3) is 0 Å². The fourth-order valence-electron chi connectivity index (χ4n) is 2.32. The Labute approximate surface area is 129 Å². The van der Waals surface area contributed by atoms with Gasteiger partial charge in [-0.15, -0.1) is 0 Å². The number of amides is 2. The summed E-state index contributed by atoms with van der Waals surface area (Å²) in [4.78, 5) is 25.5. The Morgan fingerprint density at radius 3 is 3.00 bits per heavy atom. The molecule has 21 heavy (non-hydrogen) atoms. The van der Waals surface area contributed by atoms with Crippen LogP contribution < -0.4 is 15.0 Å². The molecule has 0 radical (unpaired) electrons. The molecule has 6 heteroatoms. The predicted octanol–water partition coefficient (Wildman–Crippen LogP) is 2.37. The number of hydrogen-bond acceptors (Lipinski definition) is 3. The zero-order valence-corrected chi connectivity index (χ0v) is 12.9. The van der Waals surface area contributed by atoms with Crippen LogP contribution in [0.2, 0.25) is 5.02 Å². The Balaban J connectivity index is 2.11. The largest absolute Gasteiger partial charge is 0.482 e. The van der Waals surface area contributed by atoms with Crippen LogP contribution in [0.15, 0.2) is 18.2 Å². The molecule has 1 aromatic rings. The van der Waals surface area contributed by atoms with E-state index in [2.05, 4.69) is 12.2 Å². The van der Waals surface area contributed by atoms with E-state index in [-0.39, 0.29) is 31.0 Å². The lowest BCUT2D eigenvalue weighted by molar-refractivity contribution is -0.125. The van der Waals surface area contributed by atoms with Gasteiger partial charge in [0.05, 0.1) is 5.69 Å². The number of carbonyl (C=O) groups is 2. The number of ether oxygens (including phenoxy) is 1. The van der Waals surface area contributed by atoms with Crippen molar-refractivity contribution in [1.82, 2.24) is 5.32 Å². The predicted molar refractivity (Wildman–Crippen MR) is 81.8 cm³/mol. The highest BCUT2D eigenvalue weighted by atomic mass is 35.5. The molecule has 0 spiro atoms. The smallest absolute Gasteiger partial charge is 0.265 e. The highest BCUT2D eigenvalue weighted by molar-refractivity contribution is 6.31. The molecule has 0 saturated carbocycles. The van der Waals surface area contributed by atoms with E-state index in [9.17, 15) is 9.59 Å². The van der Waals surface area contributed by atoms with Crippen LogP contribution >= 0.6 is 11.6 Å². The van der Waals surface area contributed by atoms with E-state index in [4.69, 9.17) is 16.3 Å². The normalized spacial score (nSPS) is 15.2. The molecule has 1 aliphatic rings. The first-order chi connectivity index (χ1) is 10.0. The number of rotatable bonds is 5. The van der Waals surface area contributed by atoms with Crippen molar-refractivity contribution in [2.45, 2.75) is 32.7 Å². The molecular formula is C15H19ClN2O3.